The zero-order valence-electron chi connectivity index (χ0n) is 18.6. The van der Waals surface area contributed by atoms with Crippen LogP contribution in [-0.2, 0) is 16.1 Å². The molecule has 162 valence electrons. The molecule has 1 N–H and O–H groups in total. The Morgan fingerprint density at radius 2 is 1.70 bits per heavy atom. The first kappa shape index (κ1) is 23.4. The van der Waals surface area contributed by atoms with E-state index in [4.69, 9.17) is 4.74 Å². The monoisotopic (exact) mass is 414 g/mol. The molecule has 0 radical (unpaired) electrons. The van der Waals surface area contributed by atoms with Crippen molar-refractivity contribution in [2.24, 2.45) is 0 Å². The van der Waals surface area contributed by atoms with E-state index in [1.807, 2.05) is 40.7 Å². The van der Waals surface area contributed by atoms with Crippen LogP contribution in [0.1, 0.15) is 43.0 Å². The molecule has 0 bridgehead atoms. The third-order valence-corrected chi connectivity index (χ3v) is 4.98. The van der Waals surface area contributed by atoms with Crippen molar-refractivity contribution >= 4 is 11.8 Å². The highest BCUT2D eigenvalue weighted by atomic mass is 19.1. The van der Waals surface area contributed by atoms with Gasteiger partial charge < -0.3 is 15.0 Å². The van der Waals surface area contributed by atoms with Crippen molar-refractivity contribution in [3.05, 3.63) is 64.5 Å². The Kier molecular flexibility index (Phi) is 7.98. The molecular weight excluding hydrogens is 383 g/mol. The molecule has 0 heterocycles. The first-order valence-electron chi connectivity index (χ1n) is 10.1. The lowest BCUT2D eigenvalue weighted by atomic mass is 10.1. The van der Waals surface area contributed by atoms with E-state index in [9.17, 15) is 14.0 Å². The second-order valence-electron chi connectivity index (χ2n) is 7.98. The molecule has 0 saturated carbocycles. The lowest BCUT2D eigenvalue weighted by Gasteiger charge is -2.29. The van der Waals surface area contributed by atoms with Crippen LogP contribution >= 0.6 is 0 Å². The topological polar surface area (TPSA) is 58.6 Å². The Labute approximate surface area is 178 Å². The van der Waals surface area contributed by atoms with Gasteiger partial charge in [0.1, 0.15) is 17.6 Å². The quantitative estimate of drug-likeness (QED) is 0.708. The summed E-state index contributed by atoms with van der Waals surface area (Å²) in [6.45, 7) is 11.3. The Morgan fingerprint density at radius 1 is 1.07 bits per heavy atom. The van der Waals surface area contributed by atoms with Gasteiger partial charge in [-0.25, -0.2) is 4.39 Å². The van der Waals surface area contributed by atoms with Crippen molar-refractivity contribution in [1.82, 2.24) is 10.2 Å². The van der Waals surface area contributed by atoms with Gasteiger partial charge in [-0.1, -0.05) is 18.2 Å². The molecule has 0 fully saturated rings. The summed E-state index contributed by atoms with van der Waals surface area (Å²) in [6.07, 6.45) is 0. The molecule has 0 saturated heterocycles. The maximum Gasteiger partial charge on any atom is 0.261 e. The largest absolute Gasteiger partial charge is 0.483 e. The van der Waals surface area contributed by atoms with E-state index in [1.165, 1.54) is 17.0 Å². The van der Waals surface area contributed by atoms with Crippen molar-refractivity contribution in [2.75, 3.05) is 6.61 Å². The number of aryl methyl sites for hydroxylation is 2. The van der Waals surface area contributed by atoms with Crippen molar-refractivity contribution in [1.29, 1.82) is 0 Å². The lowest BCUT2D eigenvalue weighted by molar-refractivity contribution is -0.142. The number of amides is 2. The Bertz CT molecular complexity index is 894. The van der Waals surface area contributed by atoms with Gasteiger partial charge in [0.05, 0.1) is 0 Å². The smallest absolute Gasteiger partial charge is 0.261 e. The molecule has 30 heavy (non-hydrogen) atoms. The number of hydrogen-bond acceptors (Lipinski definition) is 3. The van der Waals surface area contributed by atoms with Crippen molar-refractivity contribution in [3.8, 4) is 5.75 Å². The molecule has 0 spiro atoms. The summed E-state index contributed by atoms with van der Waals surface area (Å²) in [5.74, 6) is -0.259. The van der Waals surface area contributed by atoms with Gasteiger partial charge in [-0.2, -0.15) is 0 Å². The predicted molar refractivity (Wildman–Crippen MR) is 116 cm³/mol. The first-order chi connectivity index (χ1) is 14.1. The lowest BCUT2D eigenvalue weighted by Crippen LogP contribution is -2.50. The molecule has 2 aromatic carbocycles. The number of ether oxygens (including phenoxy) is 1. The molecule has 0 aliphatic carbocycles. The molecule has 1 unspecified atom stereocenters. The molecule has 0 aliphatic heterocycles. The maximum atomic E-state index is 13.3. The number of nitrogens with one attached hydrogen (secondary N) is 1. The van der Waals surface area contributed by atoms with Crippen molar-refractivity contribution < 1.29 is 18.7 Å². The third-order valence-electron chi connectivity index (χ3n) is 4.98. The molecule has 2 aromatic rings. The second-order valence-corrected chi connectivity index (χ2v) is 7.98. The highest BCUT2D eigenvalue weighted by molar-refractivity contribution is 5.88. The van der Waals surface area contributed by atoms with Gasteiger partial charge in [0.15, 0.2) is 6.61 Å². The average molecular weight is 415 g/mol. The first-order valence-corrected chi connectivity index (χ1v) is 10.1. The number of hydrogen-bond donors (Lipinski definition) is 1. The molecule has 0 aromatic heterocycles. The fourth-order valence-corrected chi connectivity index (χ4v) is 3.15. The summed E-state index contributed by atoms with van der Waals surface area (Å²) in [4.78, 5) is 27.1. The number of benzene rings is 2. The van der Waals surface area contributed by atoms with Crippen LogP contribution in [0.4, 0.5) is 4.39 Å². The third kappa shape index (κ3) is 6.31. The predicted octanol–water partition coefficient (Wildman–Crippen LogP) is 4.07. The van der Waals surface area contributed by atoms with E-state index >= 15 is 0 Å². The van der Waals surface area contributed by atoms with Gasteiger partial charge in [0.2, 0.25) is 5.91 Å². The minimum absolute atomic E-state index is 0.0445. The van der Waals surface area contributed by atoms with Gasteiger partial charge in [0.25, 0.3) is 5.91 Å². The summed E-state index contributed by atoms with van der Waals surface area (Å²) in [6, 6.07) is 9.11. The van der Waals surface area contributed by atoms with E-state index in [1.54, 1.807) is 19.1 Å². The normalized spacial score (nSPS) is 11.9. The zero-order chi connectivity index (χ0) is 22.4. The fourth-order valence-electron chi connectivity index (χ4n) is 3.15. The summed E-state index contributed by atoms with van der Waals surface area (Å²) >= 11 is 0. The van der Waals surface area contributed by atoms with Gasteiger partial charge in [-0.3, -0.25) is 9.59 Å². The zero-order valence-corrected chi connectivity index (χ0v) is 18.6. The molecule has 6 heteroatoms. The Balaban J connectivity index is 2.20. The minimum atomic E-state index is -0.700. The van der Waals surface area contributed by atoms with Crippen LogP contribution in [0.2, 0.25) is 0 Å². The van der Waals surface area contributed by atoms with Crippen molar-refractivity contribution in [3.63, 3.8) is 0 Å². The van der Waals surface area contributed by atoms with Crippen LogP contribution in [0.3, 0.4) is 0 Å². The van der Waals surface area contributed by atoms with Crippen LogP contribution in [-0.4, -0.2) is 35.4 Å². The van der Waals surface area contributed by atoms with Crippen LogP contribution in [0, 0.1) is 26.6 Å². The number of nitrogens with zero attached hydrogens (tertiary/aromatic N) is 1. The maximum absolute atomic E-state index is 13.3. The number of carbonyl (C=O) groups excluding carboxylic acids is 2. The summed E-state index contributed by atoms with van der Waals surface area (Å²) in [5.41, 5.74) is 3.85. The molecule has 1 atom stereocenters. The van der Waals surface area contributed by atoms with Crippen molar-refractivity contribution in [2.45, 2.75) is 60.2 Å². The molecule has 5 nitrogen and oxygen atoms in total. The Morgan fingerprint density at radius 3 is 2.30 bits per heavy atom. The van der Waals surface area contributed by atoms with Crippen LogP contribution in [0.15, 0.2) is 36.4 Å². The summed E-state index contributed by atoms with van der Waals surface area (Å²) in [7, 11) is 0. The van der Waals surface area contributed by atoms with Crippen LogP contribution in [0.5, 0.6) is 5.75 Å². The SMILES string of the molecule is Cc1cc(C)c(C)c(OCC(=O)N(Cc2ccc(F)cc2)C(C)C(=O)NC(C)C)c1. The number of halogens is 1. The highest BCUT2D eigenvalue weighted by Gasteiger charge is 2.27. The number of carbonyl (C=O) groups is 2. The average Bonchev–Trinajstić information content (AvgIpc) is 2.67. The summed E-state index contributed by atoms with van der Waals surface area (Å²) in [5, 5.41) is 2.84. The van der Waals surface area contributed by atoms with Gasteiger partial charge >= 0.3 is 0 Å². The minimum Gasteiger partial charge on any atom is -0.483 e. The molecule has 2 rings (SSSR count). The number of rotatable bonds is 8. The van der Waals surface area contributed by atoms with E-state index in [-0.39, 0.29) is 36.8 Å². The van der Waals surface area contributed by atoms with Crippen LogP contribution in [0.25, 0.3) is 0 Å². The van der Waals surface area contributed by atoms with Gasteiger partial charge in [0, 0.05) is 12.6 Å². The highest BCUT2D eigenvalue weighted by Crippen LogP contribution is 2.23. The second kappa shape index (κ2) is 10.2. The van der Waals surface area contributed by atoms with E-state index in [0.29, 0.717) is 5.75 Å². The van der Waals surface area contributed by atoms with E-state index in [0.717, 1.165) is 22.3 Å². The molecule has 2 amide bonds. The van der Waals surface area contributed by atoms with Crippen LogP contribution < -0.4 is 10.1 Å². The molecule has 0 aliphatic rings. The molecular formula is C24H31FN2O3. The standard InChI is InChI=1S/C24H31FN2O3/c1-15(2)26-24(29)19(6)27(13-20-7-9-21(25)10-8-20)23(28)14-30-22-12-16(3)11-17(4)18(22)5/h7-12,15,19H,13-14H2,1-6H3,(H,26,29). The summed E-state index contributed by atoms with van der Waals surface area (Å²) < 4.78 is 19.1. The Hall–Kier alpha value is -2.89. The van der Waals surface area contributed by atoms with E-state index in [2.05, 4.69) is 11.4 Å². The van der Waals surface area contributed by atoms with Gasteiger partial charge in [-0.15, -0.1) is 0 Å². The fraction of sp³-hybridized carbons (Fsp3) is 0.417. The van der Waals surface area contributed by atoms with E-state index < -0.39 is 6.04 Å². The van der Waals surface area contributed by atoms with Gasteiger partial charge in [-0.05, 0) is 82.0 Å².